The van der Waals surface area contributed by atoms with Crippen LogP contribution in [0.25, 0.3) is 11.0 Å². The largest absolute Gasteiger partial charge is 0.296 e. The summed E-state index contributed by atoms with van der Waals surface area (Å²) in [5.41, 5.74) is 2.93. The lowest BCUT2D eigenvalue weighted by molar-refractivity contribution is 0.102. The van der Waals surface area contributed by atoms with E-state index in [1.165, 1.54) is 11.3 Å². The van der Waals surface area contributed by atoms with Gasteiger partial charge in [0.1, 0.15) is 5.01 Å². The number of anilines is 1. The van der Waals surface area contributed by atoms with Crippen LogP contribution < -0.4 is 5.32 Å². The molecule has 0 atom stereocenters. The monoisotopic (exact) mass is 358 g/mol. The van der Waals surface area contributed by atoms with Crippen molar-refractivity contribution in [1.82, 2.24) is 25.0 Å². The number of aryl methyl sites for hydroxylation is 2. The molecule has 0 radical (unpaired) electrons. The van der Waals surface area contributed by atoms with E-state index >= 15 is 0 Å². The zero-order valence-electron chi connectivity index (χ0n) is 15.3. The second-order valence-corrected chi connectivity index (χ2v) is 7.72. The number of rotatable bonds is 4. The molecule has 0 fully saturated rings. The van der Waals surface area contributed by atoms with Gasteiger partial charge < -0.3 is 0 Å². The fourth-order valence-electron chi connectivity index (χ4n) is 2.62. The first-order valence-corrected chi connectivity index (χ1v) is 9.08. The van der Waals surface area contributed by atoms with Crippen molar-refractivity contribution in [2.24, 2.45) is 7.05 Å². The first kappa shape index (κ1) is 17.5. The average Bonchev–Trinajstić information content (AvgIpc) is 3.12. The fourth-order valence-corrected chi connectivity index (χ4v) is 3.36. The van der Waals surface area contributed by atoms with E-state index in [0.717, 1.165) is 21.8 Å². The summed E-state index contributed by atoms with van der Waals surface area (Å²) < 4.78 is 1.72. The molecule has 0 saturated heterocycles. The van der Waals surface area contributed by atoms with Crippen LogP contribution in [0.5, 0.6) is 0 Å². The van der Waals surface area contributed by atoms with Crippen LogP contribution in [-0.4, -0.2) is 30.9 Å². The Labute approximate surface area is 150 Å². The van der Waals surface area contributed by atoms with Gasteiger partial charge in [-0.3, -0.25) is 14.8 Å². The fraction of sp³-hybridized carbons (Fsp3) is 0.471. The van der Waals surface area contributed by atoms with E-state index in [1.54, 1.807) is 4.68 Å². The molecular formula is C17H22N6OS. The van der Waals surface area contributed by atoms with Gasteiger partial charge in [0.25, 0.3) is 5.91 Å². The quantitative estimate of drug-likeness (QED) is 0.770. The number of fused-ring (bicyclic) bond motifs is 1. The summed E-state index contributed by atoms with van der Waals surface area (Å²) in [7, 11) is 1.84. The highest BCUT2D eigenvalue weighted by Crippen LogP contribution is 2.27. The van der Waals surface area contributed by atoms with Crippen LogP contribution in [0.3, 0.4) is 0 Å². The van der Waals surface area contributed by atoms with E-state index in [9.17, 15) is 4.79 Å². The molecule has 3 rings (SSSR count). The summed E-state index contributed by atoms with van der Waals surface area (Å²) in [6, 6.07) is 1.85. The molecule has 3 heterocycles. The van der Waals surface area contributed by atoms with Gasteiger partial charge in [0.05, 0.1) is 16.6 Å². The van der Waals surface area contributed by atoms with Crippen LogP contribution in [0.2, 0.25) is 0 Å². The zero-order valence-corrected chi connectivity index (χ0v) is 16.1. The Morgan fingerprint density at radius 2 is 1.92 bits per heavy atom. The molecule has 25 heavy (non-hydrogen) atoms. The average molecular weight is 358 g/mol. The molecule has 3 aromatic heterocycles. The number of carbonyl (C=O) groups excluding carboxylic acids is 1. The molecule has 0 aliphatic heterocycles. The maximum atomic E-state index is 12.9. The van der Waals surface area contributed by atoms with Crippen molar-refractivity contribution >= 4 is 33.4 Å². The summed E-state index contributed by atoms with van der Waals surface area (Å²) in [5, 5.41) is 17.7. The lowest BCUT2D eigenvalue weighted by atomic mass is 10.0. The molecule has 0 aliphatic carbocycles. The van der Waals surface area contributed by atoms with Crippen LogP contribution in [0.1, 0.15) is 66.3 Å². The Morgan fingerprint density at radius 3 is 2.52 bits per heavy atom. The van der Waals surface area contributed by atoms with Crippen LogP contribution >= 0.6 is 11.3 Å². The minimum absolute atomic E-state index is 0.209. The van der Waals surface area contributed by atoms with Crippen molar-refractivity contribution < 1.29 is 4.79 Å². The van der Waals surface area contributed by atoms with Gasteiger partial charge >= 0.3 is 0 Å². The van der Waals surface area contributed by atoms with Gasteiger partial charge in [0.15, 0.2) is 5.65 Å². The molecule has 3 aromatic rings. The smallest absolute Gasteiger partial charge is 0.258 e. The van der Waals surface area contributed by atoms with Crippen LogP contribution in [0.15, 0.2) is 6.07 Å². The molecule has 0 unspecified atom stereocenters. The SMILES string of the molecule is Cc1nn(C)c2nc(C(C)C)cc(C(=O)Nc3nnc(C(C)C)s3)c12. The third kappa shape index (κ3) is 3.26. The van der Waals surface area contributed by atoms with Gasteiger partial charge in [0, 0.05) is 18.7 Å². The third-order valence-electron chi connectivity index (χ3n) is 3.98. The molecule has 8 heteroatoms. The number of hydrogen-bond donors (Lipinski definition) is 1. The minimum atomic E-state index is -0.211. The topological polar surface area (TPSA) is 85.6 Å². The number of pyridine rings is 1. The summed E-state index contributed by atoms with van der Waals surface area (Å²) in [4.78, 5) is 17.6. The molecule has 0 spiro atoms. The van der Waals surface area contributed by atoms with E-state index in [1.807, 2.05) is 33.9 Å². The summed E-state index contributed by atoms with van der Waals surface area (Å²) in [6.07, 6.45) is 0. The number of hydrogen-bond acceptors (Lipinski definition) is 6. The van der Waals surface area contributed by atoms with Gasteiger partial charge in [-0.1, -0.05) is 39.0 Å². The third-order valence-corrected chi connectivity index (χ3v) is 5.12. The Hall–Kier alpha value is -2.35. The lowest BCUT2D eigenvalue weighted by Crippen LogP contribution is -2.14. The first-order chi connectivity index (χ1) is 11.8. The van der Waals surface area contributed by atoms with Crippen LogP contribution in [-0.2, 0) is 7.05 Å². The molecule has 1 N–H and O–H groups in total. The van der Waals surface area contributed by atoms with Gasteiger partial charge in [-0.15, -0.1) is 10.2 Å². The van der Waals surface area contributed by atoms with Crippen molar-refractivity contribution in [3.63, 3.8) is 0 Å². The van der Waals surface area contributed by atoms with Crippen molar-refractivity contribution in [3.05, 3.63) is 28.0 Å². The molecule has 0 aliphatic rings. The highest BCUT2D eigenvalue weighted by molar-refractivity contribution is 7.15. The standard InChI is InChI=1S/C17H22N6OS/c1-8(2)12-7-11(13-10(5)22-23(6)14(13)18-12)15(24)19-17-21-20-16(25-17)9(3)4/h7-9H,1-6H3,(H,19,21,24). The maximum Gasteiger partial charge on any atom is 0.258 e. The van der Waals surface area contributed by atoms with E-state index in [-0.39, 0.29) is 17.7 Å². The molecule has 0 aromatic carbocycles. The van der Waals surface area contributed by atoms with E-state index in [2.05, 4.69) is 39.4 Å². The molecule has 0 saturated carbocycles. The zero-order chi connectivity index (χ0) is 18.3. The van der Waals surface area contributed by atoms with E-state index < -0.39 is 0 Å². The van der Waals surface area contributed by atoms with E-state index in [4.69, 9.17) is 0 Å². The number of amides is 1. The van der Waals surface area contributed by atoms with Crippen molar-refractivity contribution in [2.75, 3.05) is 5.32 Å². The highest BCUT2D eigenvalue weighted by Gasteiger charge is 2.21. The summed E-state index contributed by atoms with van der Waals surface area (Å²) in [5.74, 6) is 0.279. The predicted octanol–water partition coefficient (Wildman–Crippen LogP) is 3.63. The van der Waals surface area contributed by atoms with Crippen LogP contribution in [0, 0.1) is 6.92 Å². The Bertz CT molecular complexity index is 940. The van der Waals surface area contributed by atoms with Crippen molar-refractivity contribution in [1.29, 1.82) is 0 Å². The molecule has 132 valence electrons. The minimum Gasteiger partial charge on any atom is -0.296 e. The first-order valence-electron chi connectivity index (χ1n) is 8.27. The van der Waals surface area contributed by atoms with E-state index in [0.29, 0.717) is 16.3 Å². The van der Waals surface area contributed by atoms with Crippen molar-refractivity contribution in [3.8, 4) is 0 Å². The lowest BCUT2D eigenvalue weighted by Gasteiger charge is -2.09. The number of nitrogens with one attached hydrogen (secondary N) is 1. The Kier molecular flexibility index (Phi) is 4.55. The molecule has 0 bridgehead atoms. The molecular weight excluding hydrogens is 336 g/mol. The van der Waals surface area contributed by atoms with Crippen molar-refractivity contribution in [2.45, 2.75) is 46.5 Å². The predicted molar refractivity (Wildman–Crippen MR) is 99.3 cm³/mol. The van der Waals surface area contributed by atoms with Gasteiger partial charge in [-0.25, -0.2) is 4.98 Å². The number of carbonyl (C=O) groups is 1. The van der Waals surface area contributed by atoms with Crippen LogP contribution in [0.4, 0.5) is 5.13 Å². The Balaban J connectivity index is 2.04. The number of aromatic nitrogens is 5. The maximum absolute atomic E-state index is 12.9. The van der Waals surface area contributed by atoms with Gasteiger partial charge in [-0.2, -0.15) is 5.10 Å². The second-order valence-electron chi connectivity index (χ2n) is 6.71. The summed E-state index contributed by atoms with van der Waals surface area (Å²) in [6.45, 7) is 10.1. The highest BCUT2D eigenvalue weighted by atomic mass is 32.1. The Morgan fingerprint density at radius 1 is 1.20 bits per heavy atom. The number of nitrogens with zero attached hydrogens (tertiary/aromatic N) is 5. The summed E-state index contributed by atoms with van der Waals surface area (Å²) >= 11 is 1.40. The second kappa shape index (κ2) is 6.51. The normalized spacial score (nSPS) is 11.7. The van der Waals surface area contributed by atoms with Gasteiger partial charge in [0.2, 0.25) is 5.13 Å². The molecule has 1 amide bonds. The molecule has 7 nitrogen and oxygen atoms in total. The van der Waals surface area contributed by atoms with Gasteiger partial charge in [-0.05, 0) is 18.9 Å².